The molecule has 25 heavy (non-hydrogen) atoms. The third-order valence-corrected chi connectivity index (χ3v) is 4.32. The van der Waals surface area contributed by atoms with E-state index in [9.17, 15) is 0 Å². The van der Waals surface area contributed by atoms with Crippen molar-refractivity contribution in [3.05, 3.63) is 88.4 Å². The quantitative estimate of drug-likeness (QED) is 0.361. The highest BCUT2D eigenvalue weighted by Gasteiger charge is 2.12. The molecule has 2 aromatic carbocycles. The van der Waals surface area contributed by atoms with Crippen molar-refractivity contribution >= 4 is 29.0 Å². The van der Waals surface area contributed by atoms with Gasteiger partial charge in [0.2, 0.25) is 0 Å². The molecule has 3 aromatic rings. The van der Waals surface area contributed by atoms with Crippen LogP contribution in [0.5, 0.6) is 0 Å². The van der Waals surface area contributed by atoms with Gasteiger partial charge in [0.1, 0.15) is 6.33 Å². The highest BCUT2D eigenvalue weighted by atomic mass is 35.5. The van der Waals surface area contributed by atoms with E-state index in [2.05, 4.69) is 11.9 Å². The molecule has 0 fully saturated rings. The molecule has 4 nitrogen and oxygen atoms in total. The van der Waals surface area contributed by atoms with Gasteiger partial charge >= 0.3 is 0 Å². The Balaban J connectivity index is 1.96. The van der Waals surface area contributed by atoms with Crippen molar-refractivity contribution < 1.29 is 0 Å². The van der Waals surface area contributed by atoms with Gasteiger partial charge < -0.3 is 0 Å². The van der Waals surface area contributed by atoms with E-state index in [4.69, 9.17) is 28.3 Å². The van der Waals surface area contributed by atoms with Gasteiger partial charge in [-0.15, -0.1) is 0 Å². The van der Waals surface area contributed by atoms with Gasteiger partial charge in [-0.3, -0.25) is 9.58 Å². The molecular weight excluding hydrogens is 355 g/mol. The first-order chi connectivity index (χ1) is 12.2. The van der Waals surface area contributed by atoms with Crippen LogP contribution in [-0.4, -0.2) is 26.9 Å². The topological polar surface area (TPSA) is 33.4 Å². The van der Waals surface area contributed by atoms with E-state index in [-0.39, 0.29) is 0 Å². The highest BCUT2D eigenvalue weighted by Crippen LogP contribution is 2.18. The third-order valence-electron chi connectivity index (χ3n) is 3.74. The van der Waals surface area contributed by atoms with Gasteiger partial charge in [-0.2, -0.15) is 5.10 Å². The zero-order chi connectivity index (χ0) is 17.6. The van der Waals surface area contributed by atoms with Crippen LogP contribution < -0.4 is 0 Å². The van der Waals surface area contributed by atoms with E-state index in [0.29, 0.717) is 11.6 Å². The normalized spacial score (nSPS) is 11.6. The Morgan fingerprint density at radius 3 is 2.52 bits per heavy atom. The van der Waals surface area contributed by atoms with Gasteiger partial charge in [0.25, 0.3) is 0 Å². The Kier molecular flexibility index (Phi) is 5.74. The predicted molar refractivity (Wildman–Crippen MR) is 103 cm³/mol. The van der Waals surface area contributed by atoms with Crippen LogP contribution >= 0.6 is 23.2 Å². The molecule has 1 heterocycles. The first-order valence-electron chi connectivity index (χ1n) is 7.98. The molecule has 0 saturated carbocycles. The summed E-state index contributed by atoms with van der Waals surface area (Å²) < 4.78 is 1.87. The average Bonchev–Trinajstić information content (AvgIpc) is 3.15. The number of imidazole rings is 1. The largest absolute Gasteiger partial charge is 0.291 e. The van der Waals surface area contributed by atoms with Crippen molar-refractivity contribution in [1.29, 1.82) is 0 Å². The van der Waals surface area contributed by atoms with Crippen LogP contribution in [0.2, 0.25) is 10.0 Å². The van der Waals surface area contributed by atoms with Gasteiger partial charge in [0, 0.05) is 29.5 Å². The number of rotatable bonds is 5. The molecule has 0 N–H and O–H groups in total. The number of benzene rings is 2. The molecule has 0 unspecified atom stereocenters. The molecule has 0 aliphatic heterocycles. The number of nitrogens with zero attached hydrogens (tertiary/aromatic N) is 4. The average molecular weight is 373 g/mol. The summed E-state index contributed by atoms with van der Waals surface area (Å²) in [5.41, 5.74) is 2.00. The van der Waals surface area contributed by atoms with E-state index in [0.717, 1.165) is 28.5 Å². The zero-order valence-electron chi connectivity index (χ0n) is 13.8. The number of hydrogen-bond acceptors (Lipinski definition) is 3. The predicted octanol–water partition coefficient (Wildman–Crippen LogP) is 4.92. The van der Waals surface area contributed by atoms with E-state index in [1.54, 1.807) is 12.5 Å². The van der Waals surface area contributed by atoms with Crippen LogP contribution in [0.25, 0.3) is 0 Å². The van der Waals surface area contributed by atoms with Crippen molar-refractivity contribution in [3.63, 3.8) is 0 Å². The Hall–Kier alpha value is -2.30. The first kappa shape index (κ1) is 17.5. The lowest BCUT2D eigenvalue weighted by molar-refractivity contribution is 0.294. The molecule has 0 bridgehead atoms. The monoisotopic (exact) mass is 372 g/mol. The minimum atomic E-state index is 0.650. The molecule has 0 amide bonds. The van der Waals surface area contributed by atoms with E-state index < -0.39 is 0 Å². The van der Waals surface area contributed by atoms with Crippen LogP contribution in [-0.2, 0) is 6.54 Å². The van der Waals surface area contributed by atoms with Crippen LogP contribution in [0, 0.1) is 0 Å². The second-order valence-corrected chi connectivity index (χ2v) is 6.32. The standard InChI is InChI=1S/C19H18Cl2N4/c1-2-25(13-15-7-9-16(20)10-8-15)23-19(24-12-11-22-14-24)17-5-3-4-6-18(17)21/h3-12,14H,2,13H2,1H3. The number of hydrazone groups is 1. The van der Waals surface area contributed by atoms with E-state index in [1.165, 1.54) is 0 Å². The number of halogens is 2. The molecule has 0 aliphatic carbocycles. The van der Waals surface area contributed by atoms with Crippen LogP contribution in [0.3, 0.4) is 0 Å². The summed E-state index contributed by atoms with van der Waals surface area (Å²) in [6.45, 7) is 3.50. The Labute approximate surface area is 157 Å². The maximum absolute atomic E-state index is 6.39. The SMILES string of the molecule is CCN(Cc1ccc(Cl)cc1)N=C(c1ccccc1Cl)n1ccnc1. The highest BCUT2D eigenvalue weighted by molar-refractivity contribution is 6.34. The smallest absolute Gasteiger partial charge is 0.166 e. The molecule has 0 saturated heterocycles. The van der Waals surface area contributed by atoms with Gasteiger partial charge in [0.05, 0.1) is 11.6 Å². The minimum Gasteiger partial charge on any atom is -0.291 e. The lowest BCUT2D eigenvalue weighted by Gasteiger charge is -2.20. The summed E-state index contributed by atoms with van der Waals surface area (Å²) in [7, 11) is 0. The van der Waals surface area contributed by atoms with Gasteiger partial charge in [-0.25, -0.2) is 4.98 Å². The lowest BCUT2D eigenvalue weighted by atomic mass is 10.2. The van der Waals surface area contributed by atoms with Crippen LogP contribution in [0.4, 0.5) is 0 Å². The first-order valence-corrected chi connectivity index (χ1v) is 8.74. The van der Waals surface area contributed by atoms with E-state index in [1.807, 2.05) is 64.3 Å². The number of aromatic nitrogens is 2. The fraction of sp³-hybridized carbons (Fsp3) is 0.158. The second-order valence-electron chi connectivity index (χ2n) is 5.48. The lowest BCUT2D eigenvalue weighted by Crippen LogP contribution is -2.23. The fourth-order valence-corrected chi connectivity index (χ4v) is 2.77. The number of hydrogen-bond donors (Lipinski definition) is 0. The van der Waals surface area contributed by atoms with Crippen molar-refractivity contribution in [2.75, 3.05) is 6.54 Å². The van der Waals surface area contributed by atoms with Crippen molar-refractivity contribution in [3.8, 4) is 0 Å². The van der Waals surface area contributed by atoms with Gasteiger partial charge in [-0.05, 0) is 36.8 Å². The maximum Gasteiger partial charge on any atom is 0.166 e. The Bertz CT molecular complexity index is 842. The van der Waals surface area contributed by atoms with Crippen molar-refractivity contribution in [2.45, 2.75) is 13.5 Å². The van der Waals surface area contributed by atoms with Gasteiger partial charge in [-0.1, -0.05) is 47.5 Å². The molecular formula is C19H18Cl2N4. The molecule has 0 aliphatic rings. The van der Waals surface area contributed by atoms with E-state index >= 15 is 0 Å². The van der Waals surface area contributed by atoms with Crippen LogP contribution in [0.1, 0.15) is 18.1 Å². The Morgan fingerprint density at radius 2 is 1.88 bits per heavy atom. The van der Waals surface area contributed by atoms with Crippen LogP contribution in [0.15, 0.2) is 72.4 Å². The molecule has 3 rings (SSSR count). The summed E-state index contributed by atoms with van der Waals surface area (Å²) >= 11 is 12.4. The summed E-state index contributed by atoms with van der Waals surface area (Å²) in [5.74, 6) is 0.735. The Morgan fingerprint density at radius 1 is 1.12 bits per heavy atom. The maximum atomic E-state index is 6.39. The molecule has 1 aromatic heterocycles. The van der Waals surface area contributed by atoms with Gasteiger partial charge in [0.15, 0.2) is 5.84 Å². The molecule has 0 atom stereocenters. The molecule has 128 valence electrons. The zero-order valence-corrected chi connectivity index (χ0v) is 15.3. The molecule has 6 heteroatoms. The molecule has 0 spiro atoms. The third kappa shape index (κ3) is 4.41. The van der Waals surface area contributed by atoms with Crippen molar-refractivity contribution in [2.24, 2.45) is 5.10 Å². The second kappa shape index (κ2) is 8.19. The summed E-state index contributed by atoms with van der Waals surface area (Å²) in [6, 6.07) is 15.5. The fourth-order valence-electron chi connectivity index (χ4n) is 2.42. The molecule has 0 radical (unpaired) electrons. The summed E-state index contributed by atoms with van der Waals surface area (Å²) in [6.07, 6.45) is 5.30. The summed E-state index contributed by atoms with van der Waals surface area (Å²) in [5, 5.41) is 8.21. The minimum absolute atomic E-state index is 0.650. The van der Waals surface area contributed by atoms with Crippen molar-refractivity contribution in [1.82, 2.24) is 14.6 Å². The summed E-state index contributed by atoms with van der Waals surface area (Å²) in [4.78, 5) is 4.13.